The van der Waals surface area contributed by atoms with E-state index in [0.29, 0.717) is 5.56 Å². The number of carbonyl (C=O) groups is 2. The molecular weight excluding hydrogens is 228 g/mol. The molecule has 0 aliphatic carbocycles. The maximum Gasteiger partial charge on any atom is 0.240 e. The minimum absolute atomic E-state index is 0.149. The number of rotatable bonds is 4. The Morgan fingerprint density at radius 2 is 2.28 bits per heavy atom. The number of nitrogens with zero attached hydrogens (tertiary/aromatic N) is 1. The quantitative estimate of drug-likeness (QED) is 0.645. The summed E-state index contributed by atoms with van der Waals surface area (Å²) in [4.78, 5) is 22.6. The van der Waals surface area contributed by atoms with Crippen LogP contribution in [0.1, 0.15) is 10.4 Å². The highest BCUT2D eigenvalue weighted by molar-refractivity contribution is 5.97. The van der Waals surface area contributed by atoms with Gasteiger partial charge in [0, 0.05) is 17.1 Å². The van der Waals surface area contributed by atoms with Crippen LogP contribution in [0.3, 0.4) is 0 Å². The van der Waals surface area contributed by atoms with Gasteiger partial charge in [0.05, 0.1) is 12.1 Å². The summed E-state index contributed by atoms with van der Waals surface area (Å²) in [6.07, 6.45) is 7.64. The summed E-state index contributed by atoms with van der Waals surface area (Å²) in [6, 6.07) is 7.31. The van der Waals surface area contributed by atoms with Crippen molar-refractivity contribution in [2.75, 3.05) is 6.54 Å². The zero-order valence-corrected chi connectivity index (χ0v) is 9.72. The fourth-order valence-electron chi connectivity index (χ4n) is 1.88. The molecule has 0 saturated carbocycles. The van der Waals surface area contributed by atoms with Crippen molar-refractivity contribution in [3.8, 4) is 12.3 Å². The van der Waals surface area contributed by atoms with E-state index >= 15 is 0 Å². The van der Waals surface area contributed by atoms with Crippen molar-refractivity contribution in [3.05, 3.63) is 36.0 Å². The first-order valence-corrected chi connectivity index (χ1v) is 5.49. The molecule has 1 aromatic heterocycles. The molecule has 4 nitrogen and oxygen atoms in total. The van der Waals surface area contributed by atoms with Gasteiger partial charge in [0.25, 0.3) is 0 Å². The number of aromatic nitrogens is 1. The predicted molar refractivity (Wildman–Crippen MR) is 69.2 cm³/mol. The number of hydrogen-bond donors (Lipinski definition) is 1. The Bertz CT molecular complexity index is 635. The summed E-state index contributed by atoms with van der Waals surface area (Å²) >= 11 is 0. The van der Waals surface area contributed by atoms with Crippen LogP contribution in [0.4, 0.5) is 0 Å². The number of terminal acetylenes is 1. The van der Waals surface area contributed by atoms with Gasteiger partial charge in [-0.3, -0.25) is 9.59 Å². The van der Waals surface area contributed by atoms with Crippen LogP contribution in [0.2, 0.25) is 0 Å². The number of carbonyl (C=O) groups excluding carboxylic acids is 2. The molecule has 0 radical (unpaired) electrons. The standard InChI is InChI=1S/C14H12N2O2/c1-2-7-15-13(18)9-16-8-6-11-4-3-5-12(10-17)14(11)16/h1,3-6,8,10H,7,9H2,(H,15,18). The topological polar surface area (TPSA) is 51.1 Å². The average molecular weight is 240 g/mol. The van der Waals surface area contributed by atoms with Gasteiger partial charge in [-0.25, -0.2) is 0 Å². The van der Waals surface area contributed by atoms with Crippen molar-refractivity contribution >= 4 is 23.1 Å². The lowest BCUT2D eigenvalue weighted by atomic mass is 10.1. The van der Waals surface area contributed by atoms with Gasteiger partial charge in [0.2, 0.25) is 5.91 Å². The molecule has 0 aliphatic heterocycles. The highest BCUT2D eigenvalue weighted by atomic mass is 16.1. The van der Waals surface area contributed by atoms with Crippen molar-refractivity contribution in [2.24, 2.45) is 0 Å². The number of hydrogen-bond acceptors (Lipinski definition) is 2. The molecule has 1 aromatic carbocycles. The molecule has 0 aliphatic rings. The predicted octanol–water partition coefficient (Wildman–Crippen LogP) is 1.20. The largest absolute Gasteiger partial charge is 0.344 e. The molecule has 1 heterocycles. The van der Waals surface area contributed by atoms with Gasteiger partial charge in [-0.1, -0.05) is 18.1 Å². The Hall–Kier alpha value is -2.54. The minimum atomic E-state index is -0.175. The first kappa shape index (κ1) is 11.9. The Labute approximate surface area is 105 Å². The lowest BCUT2D eigenvalue weighted by molar-refractivity contribution is -0.121. The van der Waals surface area contributed by atoms with E-state index in [1.165, 1.54) is 0 Å². The van der Waals surface area contributed by atoms with Crippen molar-refractivity contribution in [1.29, 1.82) is 0 Å². The number of fused-ring (bicyclic) bond motifs is 1. The summed E-state index contributed by atoms with van der Waals surface area (Å²) in [5.74, 6) is 2.17. The van der Waals surface area contributed by atoms with E-state index < -0.39 is 0 Å². The fraction of sp³-hybridized carbons (Fsp3) is 0.143. The zero-order chi connectivity index (χ0) is 13.0. The van der Waals surface area contributed by atoms with E-state index in [9.17, 15) is 9.59 Å². The summed E-state index contributed by atoms with van der Waals surface area (Å²) in [7, 11) is 0. The number of benzene rings is 1. The van der Waals surface area contributed by atoms with E-state index in [1.54, 1.807) is 16.8 Å². The third-order valence-electron chi connectivity index (χ3n) is 2.65. The molecule has 0 saturated heterocycles. The van der Waals surface area contributed by atoms with Crippen LogP contribution < -0.4 is 5.32 Å². The second-order valence-electron chi connectivity index (χ2n) is 3.83. The zero-order valence-electron chi connectivity index (χ0n) is 9.72. The van der Waals surface area contributed by atoms with Crippen LogP contribution in [0.5, 0.6) is 0 Å². The second kappa shape index (κ2) is 5.19. The molecule has 2 rings (SSSR count). The Kier molecular flexibility index (Phi) is 3.44. The monoisotopic (exact) mass is 240 g/mol. The smallest absolute Gasteiger partial charge is 0.240 e. The maximum atomic E-state index is 11.6. The van der Waals surface area contributed by atoms with E-state index in [0.717, 1.165) is 17.2 Å². The van der Waals surface area contributed by atoms with Gasteiger partial charge in [0.15, 0.2) is 6.29 Å². The second-order valence-corrected chi connectivity index (χ2v) is 3.83. The normalized spacial score (nSPS) is 9.94. The number of para-hydroxylation sites is 1. The summed E-state index contributed by atoms with van der Waals surface area (Å²) < 4.78 is 1.74. The van der Waals surface area contributed by atoms with Crippen LogP contribution in [-0.4, -0.2) is 23.3 Å². The highest BCUT2D eigenvalue weighted by Gasteiger charge is 2.08. The Balaban J connectivity index is 2.32. The first-order chi connectivity index (χ1) is 8.76. The summed E-state index contributed by atoms with van der Waals surface area (Å²) in [6.45, 7) is 0.356. The first-order valence-electron chi connectivity index (χ1n) is 5.49. The summed E-state index contributed by atoms with van der Waals surface area (Å²) in [5, 5.41) is 3.52. The van der Waals surface area contributed by atoms with Crippen molar-refractivity contribution in [1.82, 2.24) is 9.88 Å². The lowest BCUT2D eigenvalue weighted by Gasteiger charge is -2.06. The molecule has 4 heteroatoms. The number of nitrogens with one attached hydrogen (secondary N) is 1. The molecule has 0 atom stereocenters. The molecule has 0 bridgehead atoms. The van der Waals surface area contributed by atoms with Crippen LogP contribution >= 0.6 is 0 Å². The van der Waals surface area contributed by atoms with Gasteiger partial charge >= 0.3 is 0 Å². The fourth-order valence-corrected chi connectivity index (χ4v) is 1.88. The molecular formula is C14H12N2O2. The highest BCUT2D eigenvalue weighted by Crippen LogP contribution is 2.18. The molecule has 1 N–H and O–H groups in total. The number of aldehydes is 1. The van der Waals surface area contributed by atoms with Gasteiger partial charge < -0.3 is 9.88 Å². The third kappa shape index (κ3) is 2.25. The SMILES string of the molecule is C#CCNC(=O)Cn1ccc2cccc(C=O)c21. The van der Waals surface area contributed by atoms with Crippen LogP contribution in [0, 0.1) is 12.3 Å². The van der Waals surface area contributed by atoms with E-state index in [-0.39, 0.29) is 19.0 Å². The molecule has 2 aromatic rings. The van der Waals surface area contributed by atoms with Crippen LogP contribution in [0.25, 0.3) is 10.9 Å². The van der Waals surface area contributed by atoms with Gasteiger partial charge in [-0.2, -0.15) is 0 Å². The molecule has 0 fully saturated rings. The third-order valence-corrected chi connectivity index (χ3v) is 2.65. The molecule has 90 valence electrons. The minimum Gasteiger partial charge on any atom is -0.344 e. The van der Waals surface area contributed by atoms with Crippen molar-refractivity contribution < 1.29 is 9.59 Å². The molecule has 1 amide bonds. The van der Waals surface area contributed by atoms with Gasteiger partial charge in [-0.05, 0) is 12.1 Å². The van der Waals surface area contributed by atoms with Crippen LogP contribution in [-0.2, 0) is 11.3 Å². The van der Waals surface area contributed by atoms with Crippen molar-refractivity contribution in [2.45, 2.75) is 6.54 Å². The van der Waals surface area contributed by atoms with Crippen LogP contribution in [0.15, 0.2) is 30.5 Å². The van der Waals surface area contributed by atoms with E-state index in [2.05, 4.69) is 11.2 Å². The Morgan fingerprint density at radius 3 is 3.00 bits per heavy atom. The van der Waals surface area contributed by atoms with E-state index in [1.807, 2.05) is 18.2 Å². The average Bonchev–Trinajstić information content (AvgIpc) is 2.79. The Morgan fingerprint density at radius 1 is 1.44 bits per heavy atom. The maximum absolute atomic E-state index is 11.6. The molecule has 0 unspecified atom stereocenters. The summed E-state index contributed by atoms with van der Waals surface area (Å²) in [5.41, 5.74) is 1.34. The van der Waals surface area contributed by atoms with Gasteiger partial charge in [0.1, 0.15) is 6.54 Å². The molecule has 0 spiro atoms. The lowest BCUT2D eigenvalue weighted by Crippen LogP contribution is -2.27. The van der Waals surface area contributed by atoms with Crippen molar-refractivity contribution in [3.63, 3.8) is 0 Å². The van der Waals surface area contributed by atoms with Gasteiger partial charge in [-0.15, -0.1) is 6.42 Å². The van der Waals surface area contributed by atoms with E-state index in [4.69, 9.17) is 6.42 Å². The number of amides is 1. The molecule has 18 heavy (non-hydrogen) atoms.